The summed E-state index contributed by atoms with van der Waals surface area (Å²) in [6.45, 7) is 2.70. The van der Waals surface area contributed by atoms with E-state index < -0.39 is 9.84 Å². The molecule has 3 nitrogen and oxygen atoms in total. The Hall–Kier alpha value is -0.870. The number of rotatable bonds is 5. The molecule has 1 aromatic rings. The van der Waals surface area contributed by atoms with E-state index in [4.69, 9.17) is 0 Å². The predicted molar refractivity (Wildman–Crippen MR) is 74.5 cm³/mol. The van der Waals surface area contributed by atoms with Crippen molar-refractivity contribution in [1.29, 1.82) is 0 Å². The molecule has 1 heterocycles. The summed E-state index contributed by atoms with van der Waals surface area (Å²) in [5, 5.41) is 3.48. The van der Waals surface area contributed by atoms with Gasteiger partial charge in [0, 0.05) is 11.8 Å². The molecule has 1 unspecified atom stereocenters. The largest absolute Gasteiger partial charge is 0.310 e. The summed E-state index contributed by atoms with van der Waals surface area (Å²) in [6, 6.07) is 8.78. The Morgan fingerprint density at radius 3 is 2.89 bits per heavy atom. The molecule has 0 radical (unpaired) electrons. The average Bonchev–Trinajstić information content (AvgIpc) is 2.39. The predicted octanol–water partition coefficient (Wildman–Crippen LogP) is 2.09. The van der Waals surface area contributed by atoms with Crippen molar-refractivity contribution in [2.75, 3.05) is 18.1 Å². The van der Waals surface area contributed by atoms with Gasteiger partial charge in [0.25, 0.3) is 0 Å². The number of hydrogen-bond acceptors (Lipinski definition) is 3. The minimum Gasteiger partial charge on any atom is -0.310 e. The lowest BCUT2D eigenvalue weighted by Crippen LogP contribution is -2.30. The van der Waals surface area contributed by atoms with Crippen LogP contribution in [0.3, 0.4) is 0 Å². The van der Waals surface area contributed by atoms with E-state index in [0.29, 0.717) is 11.8 Å². The molecule has 0 bridgehead atoms. The molecular formula is C14H21NO2S. The van der Waals surface area contributed by atoms with E-state index in [9.17, 15) is 8.42 Å². The van der Waals surface area contributed by atoms with Gasteiger partial charge in [-0.25, -0.2) is 8.42 Å². The van der Waals surface area contributed by atoms with Crippen LogP contribution in [-0.4, -0.2) is 26.5 Å². The van der Waals surface area contributed by atoms with Gasteiger partial charge in [-0.2, -0.15) is 0 Å². The summed E-state index contributed by atoms with van der Waals surface area (Å²) in [5.74, 6) is 0.561. The summed E-state index contributed by atoms with van der Waals surface area (Å²) in [6.07, 6.45) is 2.71. The van der Waals surface area contributed by atoms with Crippen LogP contribution in [0.25, 0.3) is 0 Å². The van der Waals surface area contributed by atoms with Gasteiger partial charge in [0.2, 0.25) is 0 Å². The topological polar surface area (TPSA) is 46.2 Å². The van der Waals surface area contributed by atoms with Gasteiger partial charge < -0.3 is 5.32 Å². The van der Waals surface area contributed by atoms with Crippen molar-refractivity contribution in [3.63, 3.8) is 0 Å². The maximum atomic E-state index is 11.5. The first-order valence-corrected chi connectivity index (χ1v) is 8.46. The Bertz CT molecular complexity index is 496. The zero-order chi connectivity index (χ0) is 13.0. The molecule has 1 aromatic carbocycles. The normalized spacial score (nSPS) is 19.5. The summed E-state index contributed by atoms with van der Waals surface area (Å²) >= 11 is 0. The highest BCUT2D eigenvalue weighted by atomic mass is 32.2. The van der Waals surface area contributed by atoms with E-state index in [2.05, 4.69) is 29.6 Å². The lowest BCUT2D eigenvalue weighted by atomic mass is 9.92. The Morgan fingerprint density at radius 1 is 1.33 bits per heavy atom. The van der Waals surface area contributed by atoms with Crippen LogP contribution in [0.15, 0.2) is 24.3 Å². The Balaban J connectivity index is 1.96. The van der Waals surface area contributed by atoms with E-state index in [1.807, 2.05) is 0 Å². The van der Waals surface area contributed by atoms with Crippen molar-refractivity contribution in [2.45, 2.75) is 32.2 Å². The Kier molecular flexibility index (Phi) is 4.40. The average molecular weight is 267 g/mol. The zero-order valence-corrected chi connectivity index (χ0v) is 11.7. The minimum atomic E-state index is -2.83. The number of benzene rings is 1. The molecule has 0 spiro atoms. The van der Waals surface area contributed by atoms with Crippen LogP contribution in [0.5, 0.6) is 0 Å². The second-order valence-corrected chi connectivity index (χ2v) is 7.31. The van der Waals surface area contributed by atoms with Gasteiger partial charge in [-0.3, -0.25) is 0 Å². The molecular weight excluding hydrogens is 246 g/mol. The van der Waals surface area contributed by atoms with Crippen molar-refractivity contribution >= 4 is 9.84 Å². The monoisotopic (exact) mass is 267 g/mol. The second-order valence-electron chi connectivity index (χ2n) is 4.83. The summed E-state index contributed by atoms with van der Waals surface area (Å²) < 4.78 is 22.9. The Labute approximate surface area is 110 Å². The van der Waals surface area contributed by atoms with Crippen LogP contribution in [0, 0.1) is 0 Å². The number of hydrogen-bond donors (Lipinski definition) is 1. The maximum absolute atomic E-state index is 11.5. The van der Waals surface area contributed by atoms with Gasteiger partial charge in [-0.15, -0.1) is 0 Å². The molecule has 0 amide bonds. The maximum Gasteiger partial charge on any atom is 0.150 e. The molecule has 0 saturated carbocycles. The van der Waals surface area contributed by atoms with Crippen molar-refractivity contribution in [2.24, 2.45) is 0 Å². The highest BCUT2D eigenvalue weighted by Gasteiger charge is 2.19. The van der Waals surface area contributed by atoms with Crippen molar-refractivity contribution < 1.29 is 8.42 Å². The zero-order valence-electron chi connectivity index (χ0n) is 10.9. The third-order valence-corrected chi connectivity index (χ3v) is 5.39. The Morgan fingerprint density at radius 2 is 2.11 bits per heavy atom. The van der Waals surface area contributed by atoms with Crippen LogP contribution in [0.4, 0.5) is 0 Å². The molecule has 0 saturated heterocycles. The minimum absolute atomic E-state index is 0.252. The van der Waals surface area contributed by atoms with Crippen LogP contribution in [-0.2, 0) is 16.3 Å². The molecule has 1 N–H and O–H groups in total. The standard InChI is InChI=1S/C14H21NO2S/c1-2-18(16,17)11-5-8-14-13-7-4-3-6-12(13)9-10-15-14/h3-4,6-7,14-15H,2,5,8-11H2,1H3. The van der Waals surface area contributed by atoms with E-state index >= 15 is 0 Å². The lowest BCUT2D eigenvalue weighted by Gasteiger charge is -2.26. The van der Waals surface area contributed by atoms with E-state index in [1.165, 1.54) is 11.1 Å². The molecule has 2 rings (SSSR count). The summed E-state index contributed by atoms with van der Waals surface area (Å²) in [7, 11) is -2.83. The van der Waals surface area contributed by atoms with Crippen molar-refractivity contribution in [3.05, 3.63) is 35.4 Å². The number of fused-ring (bicyclic) bond motifs is 1. The quantitative estimate of drug-likeness (QED) is 0.888. The lowest BCUT2D eigenvalue weighted by molar-refractivity contribution is 0.470. The number of sulfone groups is 1. The molecule has 1 aliphatic rings. The van der Waals surface area contributed by atoms with Gasteiger partial charge in [-0.1, -0.05) is 31.2 Å². The van der Waals surface area contributed by atoms with Crippen LogP contribution in [0.2, 0.25) is 0 Å². The fourth-order valence-corrected chi connectivity index (χ4v) is 3.40. The van der Waals surface area contributed by atoms with Crippen LogP contribution < -0.4 is 5.32 Å². The fourth-order valence-electron chi connectivity index (χ4n) is 2.50. The first-order chi connectivity index (χ1) is 8.62. The van der Waals surface area contributed by atoms with Crippen LogP contribution >= 0.6 is 0 Å². The van der Waals surface area contributed by atoms with Gasteiger partial charge in [-0.05, 0) is 36.9 Å². The summed E-state index contributed by atoms with van der Waals surface area (Å²) in [5.41, 5.74) is 2.75. The smallest absolute Gasteiger partial charge is 0.150 e. The molecule has 0 aliphatic carbocycles. The first-order valence-electron chi connectivity index (χ1n) is 6.64. The molecule has 18 heavy (non-hydrogen) atoms. The van der Waals surface area contributed by atoms with E-state index in [0.717, 1.165) is 25.8 Å². The molecule has 100 valence electrons. The third kappa shape index (κ3) is 3.33. The van der Waals surface area contributed by atoms with Gasteiger partial charge >= 0.3 is 0 Å². The second kappa shape index (κ2) is 5.85. The van der Waals surface area contributed by atoms with Crippen molar-refractivity contribution in [3.8, 4) is 0 Å². The van der Waals surface area contributed by atoms with Gasteiger partial charge in [0.05, 0.1) is 5.75 Å². The van der Waals surface area contributed by atoms with E-state index in [1.54, 1.807) is 6.92 Å². The van der Waals surface area contributed by atoms with Gasteiger partial charge in [0.1, 0.15) is 9.84 Å². The SMILES string of the molecule is CCS(=O)(=O)CCCC1NCCc2ccccc21. The molecule has 1 atom stereocenters. The molecule has 0 aromatic heterocycles. The highest BCUT2D eigenvalue weighted by molar-refractivity contribution is 7.91. The van der Waals surface area contributed by atoms with Crippen LogP contribution in [0.1, 0.15) is 36.9 Å². The highest BCUT2D eigenvalue weighted by Crippen LogP contribution is 2.26. The number of nitrogens with one attached hydrogen (secondary N) is 1. The molecule has 1 aliphatic heterocycles. The third-order valence-electron chi connectivity index (χ3n) is 3.60. The fraction of sp³-hybridized carbons (Fsp3) is 0.571. The van der Waals surface area contributed by atoms with Gasteiger partial charge in [0.15, 0.2) is 0 Å². The van der Waals surface area contributed by atoms with Crippen molar-refractivity contribution in [1.82, 2.24) is 5.32 Å². The first kappa shape index (κ1) is 13.6. The summed E-state index contributed by atoms with van der Waals surface area (Å²) in [4.78, 5) is 0. The molecule has 4 heteroatoms. The van der Waals surface area contributed by atoms with E-state index in [-0.39, 0.29) is 5.75 Å². The molecule has 0 fully saturated rings.